The highest BCUT2D eigenvalue weighted by Gasteiger charge is 2.26. The average molecular weight is 376 g/mol. The van der Waals surface area contributed by atoms with E-state index in [1.165, 1.54) is 0 Å². The SMILES string of the molecule is COc1cccc(-c2nc(C(=O)N3CCC(C)CC3)nn2-c2ccccc2)c1. The molecular weight excluding hydrogens is 352 g/mol. The van der Waals surface area contributed by atoms with E-state index >= 15 is 0 Å². The average Bonchev–Trinajstić information content (AvgIpc) is 3.20. The van der Waals surface area contributed by atoms with Crippen molar-refractivity contribution in [2.45, 2.75) is 19.8 Å². The summed E-state index contributed by atoms with van der Waals surface area (Å²) in [5, 5.41) is 4.58. The van der Waals surface area contributed by atoms with Crippen molar-refractivity contribution in [3.05, 3.63) is 60.4 Å². The van der Waals surface area contributed by atoms with Gasteiger partial charge in [0.15, 0.2) is 5.82 Å². The van der Waals surface area contributed by atoms with Gasteiger partial charge in [-0.3, -0.25) is 4.79 Å². The zero-order chi connectivity index (χ0) is 19.5. The molecule has 1 aliphatic heterocycles. The van der Waals surface area contributed by atoms with Crippen LogP contribution in [0, 0.1) is 5.92 Å². The molecular formula is C22H24N4O2. The van der Waals surface area contributed by atoms with Crippen LogP contribution in [-0.4, -0.2) is 45.8 Å². The molecule has 1 fully saturated rings. The van der Waals surface area contributed by atoms with Crippen molar-refractivity contribution in [3.63, 3.8) is 0 Å². The minimum Gasteiger partial charge on any atom is -0.497 e. The first-order chi connectivity index (χ1) is 13.7. The number of para-hydroxylation sites is 1. The van der Waals surface area contributed by atoms with E-state index in [1.54, 1.807) is 11.8 Å². The lowest BCUT2D eigenvalue weighted by Crippen LogP contribution is -2.38. The van der Waals surface area contributed by atoms with Crippen LogP contribution < -0.4 is 4.74 Å². The van der Waals surface area contributed by atoms with Crippen molar-refractivity contribution < 1.29 is 9.53 Å². The molecule has 0 unspecified atom stereocenters. The first-order valence-electron chi connectivity index (χ1n) is 9.62. The molecule has 4 rings (SSSR count). The number of piperidine rings is 1. The second-order valence-corrected chi connectivity index (χ2v) is 7.21. The summed E-state index contributed by atoms with van der Waals surface area (Å²) in [6.45, 7) is 3.74. The Morgan fingerprint density at radius 3 is 2.54 bits per heavy atom. The van der Waals surface area contributed by atoms with E-state index < -0.39 is 0 Å². The molecule has 1 aliphatic rings. The van der Waals surface area contributed by atoms with Gasteiger partial charge in [0.2, 0.25) is 5.82 Å². The number of methoxy groups -OCH3 is 1. The second-order valence-electron chi connectivity index (χ2n) is 7.21. The van der Waals surface area contributed by atoms with Crippen molar-refractivity contribution in [1.29, 1.82) is 0 Å². The van der Waals surface area contributed by atoms with Crippen molar-refractivity contribution >= 4 is 5.91 Å². The van der Waals surface area contributed by atoms with Gasteiger partial charge < -0.3 is 9.64 Å². The highest BCUT2D eigenvalue weighted by atomic mass is 16.5. The second kappa shape index (κ2) is 7.84. The van der Waals surface area contributed by atoms with Gasteiger partial charge in [0.1, 0.15) is 5.75 Å². The smallest absolute Gasteiger partial charge is 0.293 e. The number of carbonyl (C=O) groups excluding carboxylic acids is 1. The molecule has 0 atom stereocenters. The van der Waals surface area contributed by atoms with Crippen LogP contribution in [0.15, 0.2) is 54.6 Å². The summed E-state index contributed by atoms with van der Waals surface area (Å²) >= 11 is 0. The molecule has 3 aromatic rings. The Morgan fingerprint density at radius 1 is 1.07 bits per heavy atom. The summed E-state index contributed by atoms with van der Waals surface area (Å²) in [6.07, 6.45) is 2.04. The van der Waals surface area contributed by atoms with E-state index in [0.717, 1.165) is 42.9 Å². The van der Waals surface area contributed by atoms with E-state index in [4.69, 9.17) is 4.74 Å². The molecule has 2 heterocycles. The molecule has 1 amide bonds. The van der Waals surface area contributed by atoms with Gasteiger partial charge in [-0.25, -0.2) is 9.67 Å². The van der Waals surface area contributed by atoms with Crippen LogP contribution in [0.2, 0.25) is 0 Å². The molecule has 6 nitrogen and oxygen atoms in total. The summed E-state index contributed by atoms with van der Waals surface area (Å²) in [5.74, 6) is 2.14. The number of nitrogens with zero attached hydrogens (tertiary/aromatic N) is 4. The standard InChI is InChI=1S/C22H24N4O2/c1-16-11-13-25(14-12-16)22(27)20-23-21(17-7-6-10-19(15-17)28-2)26(24-20)18-8-4-3-5-9-18/h3-10,15-16H,11-14H2,1-2H3. The lowest BCUT2D eigenvalue weighted by molar-refractivity contribution is 0.0685. The van der Waals surface area contributed by atoms with Crippen LogP contribution >= 0.6 is 0 Å². The number of hydrogen-bond donors (Lipinski definition) is 0. The third kappa shape index (κ3) is 3.63. The zero-order valence-electron chi connectivity index (χ0n) is 16.2. The van der Waals surface area contributed by atoms with E-state index in [2.05, 4.69) is 17.0 Å². The Bertz CT molecular complexity index is 960. The lowest BCUT2D eigenvalue weighted by atomic mass is 9.99. The van der Waals surface area contributed by atoms with Gasteiger partial charge >= 0.3 is 0 Å². The van der Waals surface area contributed by atoms with Gasteiger partial charge in [-0.05, 0) is 43.0 Å². The summed E-state index contributed by atoms with van der Waals surface area (Å²) in [4.78, 5) is 19.5. The van der Waals surface area contributed by atoms with Crippen LogP contribution in [0.25, 0.3) is 17.1 Å². The summed E-state index contributed by atoms with van der Waals surface area (Å²) in [7, 11) is 1.63. The molecule has 144 valence electrons. The van der Waals surface area contributed by atoms with Crippen molar-refractivity contribution in [2.24, 2.45) is 5.92 Å². The quantitative estimate of drug-likeness (QED) is 0.695. The number of benzene rings is 2. The van der Waals surface area contributed by atoms with Crippen LogP contribution in [0.5, 0.6) is 5.75 Å². The fourth-order valence-corrected chi connectivity index (χ4v) is 3.45. The third-order valence-electron chi connectivity index (χ3n) is 5.20. The van der Waals surface area contributed by atoms with Crippen molar-refractivity contribution in [2.75, 3.05) is 20.2 Å². The Labute approximate surface area is 164 Å². The number of amides is 1. The minimum atomic E-state index is -0.106. The normalized spacial score (nSPS) is 14.9. The number of carbonyl (C=O) groups is 1. The Kier molecular flexibility index (Phi) is 5.10. The van der Waals surface area contributed by atoms with Crippen molar-refractivity contribution in [1.82, 2.24) is 19.7 Å². The van der Waals surface area contributed by atoms with Gasteiger partial charge in [-0.2, -0.15) is 0 Å². The number of likely N-dealkylation sites (tertiary alicyclic amines) is 1. The maximum Gasteiger partial charge on any atom is 0.293 e. The van der Waals surface area contributed by atoms with Crippen LogP contribution in [0.3, 0.4) is 0 Å². The topological polar surface area (TPSA) is 60.2 Å². The summed E-state index contributed by atoms with van der Waals surface area (Å²) < 4.78 is 7.08. The van der Waals surface area contributed by atoms with Crippen LogP contribution in [0.4, 0.5) is 0 Å². The molecule has 28 heavy (non-hydrogen) atoms. The summed E-state index contributed by atoms with van der Waals surface area (Å²) in [5.41, 5.74) is 1.71. The Hall–Kier alpha value is -3.15. The predicted molar refractivity (Wildman–Crippen MR) is 108 cm³/mol. The van der Waals surface area contributed by atoms with E-state index in [1.807, 2.05) is 59.5 Å². The monoisotopic (exact) mass is 376 g/mol. The maximum absolute atomic E-state index is 13.0. The molecule has 2 aromatic carbocycles. The van der Waals surface area contributed by atoms with Gasteiger partial charge in [-0.15, -0.1) is 5.10 Å². The van der Waals surface area contributed by atoms with Crippen molar-refractivity contribution in [3.8, 4) is 22.8 Å². The fourth-order valence-electron chi connectivity index (χ4n) is 3.45. The first-order valence-corrected chi connectivity index (χ1v) is 9.62. The maximum atomic E-state index is 13.0. The summed E-state index contributed by atoms with van der Waals surface area (Å²) in [6, 6.07) is 17.4. The minimum absolute atomic E-state index is 0.106. The van der Waals surface area contributed by atoms with E-state index in [9.17, 15) is 4.79 Å². The number of hydrogen-bond acceptors (Lipinski definition) is 4. The number of aromatic nitrogens is 3. The molecule has 0 bridgehead atoms. The fraction of sp³-hybridized carbons (Fsp3) is 0.318. The highest BCUT2D eigenvalue weighted by Crippen LogP contribution is 2.26. The molecule has 1 saturated heterocycles. The Morgan fingerprint density at radius 2 is 1.82 bits per heavy atom. The Balaban J connectivity index is 1.75. The van der Waals surface area contributed by atoms with Gasteiger partial charge in [0, 0.05) is 18.7 Å². The van der Waals surface area contributed by atoms with E-state index in [0.29, 0.717) is 11.7 Å². The molecule has 0 saturated carbocycles. The van der Waals surface area contributed by atoms with Gasteiger partial charge in [0.05, 0.1) is 12.8 Å². The lowest BCUT2D eigenvalue weighted by Gasteiger charge is -2.29. The largest absolute Gasteiger partial charge is 0.497 e. The first kappa shape index (κ1) is 18.2. The van der Waals surface area contributed by atoms with Crippen LogP contribution in [0.1, 0.15) is 30.4 Å². The number of rotatable bonds is 4. The molecule has 0 spiro atoms. The van der Waals surface area contributed by atoms with E-state index in [-0.39, 0.29) is 11.7 Å². The number of ether oxygens (including phenoxy) is 1. The van der Waals surface area contributed by atoms with Gasteiger partial charge in [0.25, 0.3) is 5.91 Å². The molecule has 0 radical (unpaired) electrons. The molecule has 0 N–H and O–H groups in total. The molecule has 0 aliphatic carbocycles. The molecule has 1 aromatic heterocycles. The van der Waals surface area contributed by atoms with Gasteiger partial charge in [-0.1, -0.05) is 37.3 Å². The van der Waals surface area contributed by atoms with Crippen LogP contribution in [-0.2, 0) is 0 Å². The third-order valence-corrected chi connectivity index (χ3v) is 5.20. The predicted octanol–water partition coefficient (Wildman–Crippen LogP) is 3.82. The molecule has 6 heteroatoms. The highest BCUT2D eigenvalue weighted by molar-refractivity contribution is 5.91. The zero-order valence-corrected chi connectivity index (χ0v) is 16.2.